The number of fused-ring (bicyclic) bond motifs is 1. The molecule has 2 saturated heterocycles. The van der Waals surface area contributed by atoms with Crippen molar-refractivity contribution in [1.29, 1.82) is 0 Å². The lowest BCUT2D eigenvalue weighted by molar-refractivity contribution is -0.343. The van der Waals surface area contributed by atoms with E-state index in [-0.39, 0.29) is 28.9 Å². The van der Waals surface area contributed by atoms with Gasteiger partial charge in [-0.15, -0.1) is 13.2 Å². The van der Waals surface area contributed by atoms with E-state index in [1.807, 2.05) is 18.2 Å². The van der Waals surface area contributed by atoms with E-state index in [0.29, 0.717) is 36.8 Å². The Bertz CT molecular complexity index is 1950. The van der Waals surface area contributed by atoms with Crippen molar-refractivity contribution >= 4 is 11.4 Å². The van der Waals surface area contributed by atoms with Crippen molar-refractivity contribution in [2.24, 2.45) is 16.1 Å². The van der Waals surface area contributed by atoms with Crippen molar-refractivity contribution in [3.8, 4) is 23.0 Å². The number of aliphatic hydroxyl groups is 1. The number of nitrogens with one attached hydrogen (secondary N) is 1. The molecule has 46 heavy (non-hydrogen) atoms. The molecule has 4 heterocycles. The van der Waals surface area contributed by atoms with E-state index in [1.54, 1.807) is 12.1 Å². The first-order chi connectivity index (χ1) is 22.3. The van der Waals surface area contributed by atoms with Gasteiger partial charge in [-0.05, 0) is 68.0 Å². The van der Waals surface area contributed by atoms with Gasteiger partial charge >= 0.3 is 0 Å². The molecule has 9 nitrogen and oxygen atoms in total. The van der Waals surface area contributed by atoms with Gasteiger partial charge in [-0.1, -0.05) is 30.4 Å². The van der Waals surface area contributed by atoms with Crippen LogP contribution < -0.4 is 14.8 Å². The van der Waals surface area contributed by atoms with E-state index >= 15 is 0 Å². The molecule has 2 aromatic rings. The highest BCUT2D eigenvalue weighted by atomic mass is 16.5. The van der Waals surface area contributed by atoms with Crippen molar-refractivity contribution in [3.05, 3.63) is 84.0 Å². The van der Waals surface area contributed by atoms with Crippen LogP contribution in [-0.2, 0) is 23.7 Å². The number of benzene rings is 2. The predicted molar refractivity (Wildman–Crippen MR) is 171 cm³/mol. The molecule has 12 rings (SSSR count). The lowest BCUT2D eigenvalue weighted by Gasteiger charge is -2.86. The zero-order valence-electron chi connectivity index (χ0n) is 25.5. The minimum atomic E-state index is -1.04. The number of phenolic OH excluding ortho intramolecular Hbond substituents is 2. The molecule has 2 aromatic carbocycles. The third-order valence-electron chi connectivity index (χ3n) is 13.7. The fourth-order valence-electron chi connectivity index (χ4n) is 12.5. The summed E-state index contributed by atoms with van der Waals surface area (Å²) in [6.45, 7) is 9.78. The second kappa shape index (κ2) is 7.78. The molecule has 234 valence electrons. The minimum Gasteiger partial charge on any atom is -0.504 e. The Kier molecular flexibility index (Phi) is 4.43. The fraction of sp³-hybridized carbons (Fsp3) is 0.459. The second-order valence-electron chi connectivity index (χ2n) is 15.2. The third-order valence-corrected chi connectivity index (χ3v) is 13.7. The number of hydrogen-bond donors (Lipinski definition) is 4. The van der Waals surface area contributed by atoms with Gasteiger partial charge in [-0.25, -0.2) is 0 Å². The molecular formula is C37H36N4O5. The number of likely N-dealkylation sites (tertiary alicyclic amines) is 1. The van der Waals surface area contributed by atoms with Crippen LogP contribution in [0.25, 0.3) is 0 Å². The Balaban J connectivity index is 1.04. The summed E-state index contributed by atoms with van der Waals surface area (Å²) in [4.78, 5) is 2.52. The van der Waals surface area contributed by atoms with Crippen LogP contribution in [0.2, 0.25) is 0 Å². The maximum absolute atomic E-state index is 12.7. The summed E-state index contributed by atoms with van der Waals surface area (Å²) >= 11 is 0. The zero-order valence-corrected chi connectivity index (χ0v) is 25.5. The molecule has 10 aliphatic rings. The van der Waals surface area contributed by atoms with Crippen molar-refractivity contribution in [2.75, 3.05) is 13.1 Å². The van der Waals surface area contributed by atoms with Gasteiger partial charge in [0, 0.05) is 36.1 Å². The van der Waals surface area contributed by atoms with Gasteiger partial charge in [0.2, 0.25) is 0 Å². The van der Waals surface area contributed by atoms with E-state index < -0.39 is 28.2 Å². The highest BCUT2D eigenvalue weighted by molar-refractivity contribution is 6.04. The van der Waals surface area contributed by atoms with Gasteiger partial charge in [-0.3, -0.25) is 10.2 Å². The highest BCUT2D eigenvalue weighted by Gasteiger charge is 2.95. The Morgan fingerprint density at radius 1 is 0.978 bits per heavy atom. The topological polar surface area (TPSA) is 119 Å². The van der Waals surface area contributed by atoms with Crippen LogP contribution in [0.1, 0.15) is 47.9 Å². The van der Waals surface area contributed by atoms with Gasteiger partial charge in [0.25, 0.3) is 0 Å². The minimum absolute atomic E-state index is 0.0977. The highest BCUT2D eigenvalue weighted by Crippen LogP contribution is 2.80. The molecular weight excluding hydrogens is 580 g/mol. The van der Waals surface area contributed by atoms with Crippen LogP contribution in [0.4, 0.5) is 0 Å². The summed E-state index contributed by atoms with van der Waals surface area (Å²) < 4.78 is 13.3. The average molecular weight is 617 g/mol. The molecule has 9 atom stereocenters. The number of hydrogen-bond acceptors (Lipinski definition) is 9. The summed E-state index contributed by atoms with van der Waals surface area (Å²) in [5, 5.41) is 48.4. The van der Waals surface area contributed by atoms with Crippen molar-refractivity contribution in [3.63, 3.8) is 0 Å². The fourth-order valence-corrected chi connectivity index (χ4v) is 12.5. The van der Waals surface area contributed by atoms with Crippen molar-refractivity contribution < 1.29 is 24.8 Å². The Morgan fingerprint density at radius 2 is 1.76 bits per heavy atom. The lowest BCUT2D eigenvalue weighted by atomic mass is 9.26. The Labute approximate surface area is 266 Å². The maximum atomic E-state index is 12.7. The molecule has 0 amide bonds. The molecule has 3 spiro atoms. The average Bonchev–Trinajstić information content (AvgIpc) is 3.59. The van der Waals surface area contributed by atoms with E-state index in [0.717, 1.165) is 60.5 Å². The van der Waals surface area contributed by atoms with Crippen LogP contribution in [0.5, 0.6) is 23.0 Å². The van der Waals surface area contributed by atoms with Crippen LogP contribution in [0.3, 0.4) is 0 Å². The van der Waals surface area contributed by atoms with Crippen LogP contribution in [-0.4, -0.2) is 79.7 Å². The van der Waals surface area contributed by atoms with Crippen LogP contribution in [0.15, 0.2) is 71.9 Å². The SMILES string of the molecule is C=CCN1CC[C@]23c4c5ccc(O)c4O[C@H]2C(=NN=C2C[C@@]46C[C@]78c9c(ccc(O)c9O[C@@H]27)C[C@@](CC=C)(N4)[C@]68O)C=C[C@H]3[C@H]1C5. The number of nitrogens with zero attached hydrogens (tertiary/aromatic N) is 3. The Morgan fingerprint density at radius 3 is 2.57 bits per heavy atom. The van der Waals surface area contributed by atoms with Gasteiger partial charge in [0.05, 0.1) is 27.6 Å². The first kappa shape index (κ1) is 26.2. The molecule has 0 unspecified atom stereocenters. The van der Waals surface area contributed by atoms with Gasteiger partial charge in [-0.2, -0.15) is 10.2 Å². The van der Waals surface area contributed by atoms with Crippen molar-refractivity contribution in [1.82, 2.24) is 10.2 Å². The molecule has 0 aromatic heterocycles. The van der Waals surface area contributed by atoms with E-state index in [9.17, 15) is 15.3 Å². The molecule has 5 fully saturated rings. The number of rotatable bonds is 5. The largest absolute Gasteiger partial charge is 0.504 e. The van der Waals surface area contributed by atoms with E-state index in [1.165, 1.54) is 5.56 Å². The zero-order chi connectivity index (χ0) is 31.0. The van der Waals surface area contributed by atoms with Crippen molar-refractivity contribution in [2.45, 2.75) is 84.3 Å². The van der Waals surface area contributed by atoms with Gasteiger partial charge in [0.15, 0.2) is 35.2 Å². The molecule has 9 heteroatoms. The quantitative estimate of drug-likeness (QED) is 0.301. The molecule has 4 N–H and O–H groups in total. The lowest BCUT2D eigenvalue weighted by Crippen LogP contribution is -3.07. The summed E-state index contributed by atoms with van der Waals surface area (Å²) in [6, 6.07) is 7.81. The Hall–Kier alpha value is -3.92. The molecule has 4 bridgehead atoms. The summed E-state index contributed by atoms with van der Waals surface area (Å²) in [5.41, 5.74) is 2.78. The van der Waals surface area contributed by atoms with Gasteiger partial charge < -0.3 is 24.8 Å². The predicted octanol–water partition coefficient (Wildman–Crippen LogP) is 3.35. The number of aromatic hydroxyl groups is 2. The molecule has 3 saturated carbocycles. The summed E-state index contributed by atoms with van der Waals surface area (Å²) in [6.07, 6.45) is 11.6. The van der Waals surface area contributed by atoms with E-state index in [2.05, 4.69) is 41.6 Å². The summed E-state index contributed by atoms with van der Waals surface area (Å²) in [7, 11) is 0. The number of phenols is 2. The van der Waals surface area contributed by atoms with Crippen LogP contribution >= 0.6 is 0 Å². The number of piperidine rings is 2. The standard InChI is InChI=1S/C37H36N4O5/c1-3-11-33-16-20-6-10-26(43)30-28(20)36-18-34(40-33,37(33,36)44)17-23(32(36)46-30)39-38-22-8-7-21-24-15-19-5-9-25(42)29-27(19)35(21,31(22)45-29)12-14-41(24)13-4-2/h3-10,21,24,31-32,40,42-44H,1-2,11-18H2/t21-,24+,31-,32-,33+,34-,35-,36-,37-/m0/s1. The first-order valence-corrected chi connectivity index (χ1v) is 16.6. The third kappa shape index (κ3) is 2.39. The number of ether oxygens (including phenoxy) is 2. The maximum Gasteiger partial charge on any atom is 0.166 e. The smallest absolute Gasteiger partial charge is 0.166 e. The molecule has 0 radical (unpaired) electrons. The van der Waals surface area contributed by atoms with Gasteiger partial charge in [0.1, 0.15) is 11.3 Å². The first-order valence-electron chi connectivity index (χ1n) is 16.6. The molecule has 6 aliphatic carbocycles. The monoisotopic (exact) mass is 616 g/mol. The summed E-state index contributed by atoms with van der Waals surface area (Å²) in [5.74, 6) is 1.55. The second-order valence-corrected chi connectivity index (χ2v) is 15.2. The van der Waals surface area contributed by atoms with E-state index in [4.69, 9.17) is 19.7 Å². The normalized spacial score (nSPS) is 45.2. The molecule has 4 aliphatic heterocycles. The van der Waals surface area contributed by atoms with Crippen LogP contribution in [0, 0.1) is 5.92 Å².